The number of hydrogen-bond acceptors (Lipinski definition) is 4. The van der Waals surface area contributed by atoms with Gasteiger partial charge in [-0.1, -0.05) is 18.2 Å². The molecule has 1 aliphatic heterocycles. The zero-order valence-electron chi connectivity index (χ0n) is 15.0. The quantitative estimate of drug-likeness (QED) is 0.566. The van der Waals surface area contributed by atoms with E-state index in [2.05, 4.69) is 15.0 Å². The maximum Gasteiger partial charge on any atom is 0.254 e. The molecule has 1 amide bonds. The lowest BCUT2D eigenvalue weighted by atomic mass is 9.90. The summed E-state index contributed by atoms with van der Waals surface area (Å²) < 4.78 is 0. The predicted molar refractivity (Wildman–Crippen MR) is 105 cm³/mol. The summed E-state index contributed by atoms with van der Waals surface area (Å²) in [5.74, 6) is 0.0874. The first-order valence-corrected chi connectivity index (χ1v) is 9.14. The zero-order valence-corrected chi connectivity index (χ0v) is 15.0. The number of nitrogens with one attached hydrogen (secondary N) is 1. The highest BCUT2D eigenvalue weighted by molar-refractivity contribution is 5.98. The van der Waals surface area contributed by atoms with Crippen molar-refractivity contribution in [2.75, 3.05) is 6.54 Å². The van der Waals surface area contributed by atoms with Crippen molar-refractivity contribution in [1.29, 1.82) is 0 Å². The van der Waals surface area contributed by atoms with E-state index in [0.29, 0.717) is 18.7 Å². The minimum absolute atomic E-state index is 0.0313. The number of phenols is 1. The molecule has 28 heavy (non-hydrogen) atoms. The van der Waals surface area contributed by atoms with E-state index in [9.17, 15) is 9.90 Å². The van der Waals surface area contributed by atoms with E-state index in [4.69, 9.17) is 0 Å². The number of carbonyl (C=O) groups excluding carboxylic acids is 1. The van der Waals surface area contributed by atoms with Crippen LogP contribution in [0.25, 0.3) is 10.9 Å². The Hall–Kier alpha value is -3.67. The molecule has 2 aromatic carbocycles. The molecule has 0 saturated carbocycles. The number of fused-ring (bicyclic) bond motifs is 2. The van der Waals surface area contributed by atoms with Crippen molar-refractivity contribution in [3.63, 3.8) is 0 Å². The van der Waals surface area contributed by atoms with Crippen LogP contribution in [0.2, 0.25) is 0 Å². The fourth-order valence-corrected chi connectivity index (χ4v) is 3.87. The van der Waals surface area contributed by atoms with Crippen LogP contribution in [-0.4, -0.2) is 37.4 Å². The minimum atomic E-state index is -0.0897. The van der Waals surface area contributed by atoms with Crippen molar-refractivity contribution >= 4 is 16.8 Å². The van der Waals surface area contributed by atoms with Crippen molar-refractivity contribution in [3.05, 3.63) is 89.6 Å². The maximum atomic E-state index is 13.2. The molecule has 1 atom stereocenters. The number of imidazole rings is 1. The van der Waals surface area contributed by atoms with Crippen molar-refractivity contribution in [1.82, 2.24) is 19.9 Å². The number of nitrogens with zero attached hydrogens (tertiary/aromatic N) is 3. The van der Waals surface area contributed by atoms with Gasteiger partial charge in [-0.15, -0.1) is 0 Å². The molecule has 6 nitrogen and oxygen atoms in total. The fourth-order valence-electron chi connectivity index (χ4n) is 3.87. The first-order chi connectivity index (χ1) is 13.7. The molecule has 4 aromatic rings. The standard InChI is InChI=1S/C22H18N4O2/c27-17-5-1-3-14(10-17)18-11-26(12-20-21(18)25-13-24-20)22(28)16-6-7-19-15(9-16)4-2-8-23-19/h1-10,13,18,27H,11-12H2,(H,24,25). The molecule has 0 aliphatic carbocycles. The van der Waals surface area contributed by atoms with E-state index >= 15 is 0 Å². The number of rotatable bonds is 2. The zero-order chi connectivity index (χ0) is 19.1. The van der Waals surface area contributed by atoms with Crippen LogP contribution in [-0.2, 0) is 6.54 Å². The van der Waals surface area contributed by atoms with Gasteiger partial charge in [-0.2, -0.15) is 0 Å². The van der Waals surface area contributed by atoms with Gasteiger partial charge in [-0.25, -0.2) is 4.98 Å². The summed E-state index contributed by atoms with van der Waals surface area (Å²) in [6.07, 6.45) is 3.41. The number of H-pyrrole nitrogens is 1. The molecule has 1 aliphatic rings. The van der Waals surface area contributed by atoms with E-state index in [1.54, 1.807) is 24.7 Å². The number of benzene rings is 2. The summed E-state index contributed by atoms with van der Waals surface area (Å²) in [7, 11) is 0. The highest BCUT2D eigenvalue weighted by Gasteiger charge is 2.32. The van der Waals surface area contributed by atoms with Crippen LogP contribution in [0, 0.1) is 0 Å². The Kier molecular flexibility index (Phi) is 3.83. The summed E-state index contributed by atoms with van der Waals surface area (Å²) in [6, 6.07) is 16.6. The highest BCUT2D eigenvalue weighted by atomic mass is 16.3. The molecule has 3 heterocycles. The van der Waals surface area contributed by atoms with Gasteiger partial charge in [0.05, 0.1) is 29.8 Å². The maximum absolute atomic E-state index is 13.2. The van der Waals surface area contributed by atoms with Crippen LogP contribution in [0.15, 0.2) is 67.1 Å². The molecule has 0 saturated heterocycles. The lowest BCUT2D eigenvalue weighted by Gasteiger charge is -2.32. The summed E-state index contributed by atoms with van der Waals surface area (Å²) in [6.45, 7) is 0.986. The van der Waals surface area contributed by atoms with Gasteiger partial charge < -0.3 is 15.0 Å². The third-order valence-corrected chi connectivity index (χ3v) is 5.24. The third-order valence-electron chi connectivity index (χ3n) is 5.24. The summed E-state index contributed by atoms with van der Waals surface area (Å²) in [5.41, 5.74) is 4.30. The van der Waals surface area contributed by atoms with Crippen molar-refractivity contribution in [3.8, 4) is 5.75 Å². The Morgan fingerprint density at radius 3 is 2.93 bits per heavy atom. The Balaban J connectivity index is 1.51. The van der Waals surface area contributed by atoms with Gasteiger partial charge in [-0.05, 0) is 42.0 Å². The van der Waals surface area contributed by atoms with Gasteiger partial charge in [0, 0.05) is 29.6 Å². The number of phenolic OH excluding ortho intramolecular Hbond substituents is 1. The van der Waals surface area contributed by atoms with Gasteiger partial charge in [0.1, 0.15) is 5.75 Å². The molecule has 5 rings (SSSR count). The van der Waals surface area contributed by atoms with Gasteiger partial charge in [0.15, 0.2) is 0 Å². The van der Waals surface area contributed by atoms with Crippen LogP contribution in [0.3, 0.4) is 0 Å². The first-order valence-electron chi connectivity index (χ1n) is 9.14. The summed E-state index contributed by atoms with van der Waals surface area (Å²) in [4.78, 5) is 27.0. The van der Waals surface area contributed by atoms with E-state index in [1.165, 1.54) is 0 Å². The second-order valence-electron chi connectivity index (χ2n) is 7.01. The average Bonchev–Trinajstić information content (AvgIpc) is 3.21. The molecular weight excluding hydrogens is 352 g/mol. The van der Waals surface area contributed by atoms with Gasteiger partial charge in [0.2, 0.25) is 0 Å². The van der Waals surface area contributed by atoms with Crippen molar-refractivity contribution < 1.29 is 9.90 Å². The Bertz CT molecular complexity index is 1180. The molecule has 0 bridgehead atoms. The van der Waals surface area contributed by atoms with Gasteiger partial charge in [-0.3, -0.25) is 9.78 Å². The topological polar surface area (TPSA) is 82.1 Å². The van der Waals surface area contributed by atoms with Crippen LogP contribution in [0.1, 0.15) is 33.2 Å². The van der Waals surface area contributed by atoms with Crippen LogP contribution in [0.5, 0.6) is 5.75 Å². The van der Waals surface area contributed by atoms with Gasteiger partial charge in [0.25, 0.3) is 5.91 Å². The smallest absolute Gasteiger partial charge is 0.254 e. The Morgan fingerprint density at radius 2 is 2.04 bits per heavy atom. The monoisotopic (exact) mass is 370 g/mol. The summed E-state index contributed by atoms with van der Waals surface area (Å²) >= 11 is 0. The normalized spacial score (nSPS) is 16.1. The average molecular weight is 370 g/mol. The molecule has 0 fully saturated rings. The lowest BCUT2D eigenvalue weighted by Crippen LogP contribution is -2.38. The molecule has 0 radical (unpaired) electrons. The van der Waals surface area contributed by atoms with Crippen molar-refractivity contribution in [2.45, 2.75) is 12.5 Å². The Morgan fingerprint density at radius 1 is 1.11 bits per heavy atom. The Labute approximate surface area is 161 Å². The van der Waals surface area contributed by atoms with E-state index in [1.807, 2.05) is 47.4 Å². The fraction of sp³-hybridized carbons (Fsp3) is 0.136. The minimum Gasteiger partial charge on any atom is -0.508 e. The van der Waals surface area contributed by atoms with Crippen LogP contribution < -0.4 is 0 Å². The molecule has 1 unspecified atom stereocenters. The lowest BCUT2D eigenvalue weighted by molar-refractivity contribution is 0.0722. The molecule has 138 valence electrons. The largest absolute Gasteiger partial charge is 0.508 e. The number of aromatic hydroxyl groups is 1. The molecule has 2 aromatic heterocycles. The molecule has 6 heteroatoms. The van der Waals surface area contributed by atoms with E-state index < -0.39 is 0 Å². The highest BCUT2D eigenvalue weighted by Crippen LogP contribution is 2.33. The second-order valence-corrected chi connectivity index (χ2v) is 7.01. The van der Waals surface area contributed by atoms with E-state index in [0.717, 1.165) is 27.9 Å². The molecule has 0 spiro atoms. The SMILES string of the molecule is O=C(c1ccc2ncccc2c1)N1Cc2[nH]cnc2C(c2cccc(O)c2)C1. The third kappa shape index (κ3) is 2.79. The van der Waals surface area contributed by atoms with Crippen LogP contribution in [0.4, 0.5) is 0 Å². The number of carbonyl (C=O) groups is 1. The molecule has 2 N–H and O–H groups in total. The number of aromatic amines is 1. The van der Waals surface area contributed by atoms with Crippen molar-refractivity contribution in [2.24, 2.45) is 0 Å². The first kappa shape index (κ1) is 16.5. The van der Waals surface area contributed by atoms with Crippen LogP contribution >= 0.6 is 0 Å². The number of amides is 1. The predicted octanol–water partition coefficient (Wildman–Crippen LogP) is 3.45. The number of aromatic nitrogens is 3. The van der Waals surface area contributed by atoms with E-state index in [-0.39, 0.29) is 17.6 Å². The summed E-state index contributed by atoms with van der Waals surface area (Å²) in [5, 5.41) is 10.8. The van der Waals surface area contributed by atoms with Gasteiger partial charge >= 0.3 is 0 Å². The second kappa shape index (κ2) is 6.49. The number of hydrogen-bond donors (Lipinski definition) is 2. The number of pyridine rings is 1. The molecular formula is C22H18N4O2.